The summed E-state index contributed by atoms with van der Waals surface area (Å²) in [6.07, 6.45) is 0.322. The highest BCUT2D eigenvalue weighted by Crippen LogP contribution is 2.16. The van der Waals surface area contributed by atoms with Gasteiger partial charge in [-0.3, -0.25) is 10.1 Å². The maximum absolute atomic E-state index is 11.3. The predicted molar refractivity (Wildman–Crippen MR) is 81.2 cm³/mol. The zero-order chi connectivity index (χ0) is 14.8. The number of benzene rings is 1. The lowest BCUT2D eigenvalue weighted by Gasteiger charge is -2.08. The number of para-hydroxylation sites is 1. The van der Waals surface area contributed by atoms with E-state index in [0.717, 1.165) is 17.1 Å². The van der Waals surface area contributed by atoms with Crippen LogP contribution in [0.4, 0.5) is 4.79 Å². The predicted octanol–water partition coefficient (Wildman–Crippen LogP) is 1.95. The number of hydrogen-bond acceptors (Lipinski definition) is 4. The number of urea groups is 1. The third-order valence-corrected chi connectivity index (χ3v) is 3.48. The van der Waals surface area contributed by atoms with Crippen molar-refractivity contribution in [1.82, 2.24) is 10.6 Å². The molecule has 1 aromatic rings. The van der Waals surface area contributed by atoms with Crippen molar-refractivity contribution in [2.45, 2.75) is 13.3 Å². The van der Waals surface area contributed by atoms with E-state index in [9.17, 15) is 9.59 Å². The number of carbonyl (C=O) groups is 2. The van der Waals surface area contributed by atoms with Crippen LogP contribution in [0.25, 0.3) is 0 Å². The van der Waals surface area contributed by atoms with Gasteiger partial charge in [0.25, 0.3) is 0 Å². The first-order chi connectivity index (χ1) is 9.63. The van der Waals surface area contributed by atoms with Gasteiger partial charge in [0.05, 0.1) is 6.61 Å². The number of nitrogens with one attached hydrogen (secondary N) is 2. The van der Waals surface area contributed by atoms with Crippen molar-refractivity contribution >= 4 is 23.7 Å². The Kier molecular flexibility index (Phi) is 7.57. The Morgan fingerprint density at radius 2 is 2.00 bits per heavy atom. The van der Waals surface area contributed by atoms with Gasteiger partial charge in [0.15, 0.2) is 0 Å². The number of ether oxygens (including phenoxy) is 1. The second-order valence-corrected chi connectivity index (χ2v) is 5.33. The molecule has 3 amide bonds. The third kappa shape index (κ3) is 6.47. The molecule has 0 aliphatic carbocycles. The van der Waals surface area contributed by atoms with E-state index < -0.39 is 6.03 Å². The van der Waals surface area contributed by atoms with Gasteiger partial charge in [-0.2, -0.15) is 11.8 Å². The number of rotatable bonds is 7. The van der Waals surface area contributed by atoms with Gasteiger partial charge in [-0.25, -0.2) is 4.79 Å². The maximum atomic E-state index is 11.3. The van der Waals surface area contributed by atoms with Crippen molar-refractivity contribution in [3.63, 3.8) is 0 Å². The van der Waals surface area contributed by atoms with Gasteiger partial charge in [-0.15, -0.1) is 0 Å². The summed E-state index contributed by atoms with van der Waals surface area (Å²) in [6, 6.07) is 7.39. The Labute approximate surface area is 123 Å². The SMILES string of the molecule is CNC(=O)NC(=O)CCSCCOc1ccccc1C. The molecular weight excluding hydrogens is 276 g/mol. The Bertz CT molecular complexity index is 452. The van der Waals surface area contributed by atoms with E-state index in [2.05, 4.69) is 10.6 Å². The van der Waals surface area contributed by atoms with Crippen molar-refractivity contribution in [3.8, 4) is 5.75 Å². The highest BCUT2D eigenvalue weighted by molar-refractivity contribution is 7.99. The molecule has 20 heavy (non-hydrogen) atoms. The first kappa shape index (κ1) is 16.4. The number of aryl methyl sites for hydroxylation is 1. The van der Waals surface area contributed by atoms with Crippen LogP contribution in [-0.2, 0) is 4.79 Å². The van der Waals surface area contributed by atoms with Crippen LogP contribution in [0.5, 0.6) is 5.75 Å². The second-order valence-electron chi connectivity index (χ2n) is 4.10. The Morgan fingerprint density at radius 1 is 1.25 bits per heavy atom. The van der Waals surface area contributed by atoms with Crippen LogP contribution in [0, 0.1) is 6.92 Å². The minimum atomic E-state index is -0.470. The number of hydrogen-bond donors (Lipinski definition) is 2. The number of carbonyl (C=O) groups excluding carboxylic acids is 2. The molecule has 2 N–H and O–H groups in total. The van der Waals surface area contributed by atoms with E-state index in [1.165, 1.54) is 7.05 Å². The molecule has 6 heteroatoms. The van der Waals surface area contributed by atoms with E-state index in [1.54, 1.807) is 11.8 Å². The minimum Gasteiger partial charge on any atom is -0.492 e. The molecule has 0 atom stereocenters. The number of imide groups is 1. The molecule has 0 saturated carbocycles. The van der Waals surface area contributed by atoms with Gasteiger partial charge in [0, 0.05) is 25.0 Å². The molecule has 0 saturated heterocycles. The largest absolute Gasteiger partial charge is 0.492 e. The van der Waals surface area contributed by atoms with Gasteiger partial charge in [0.1, 0.15) is 5.75 Å². The van der Waals surface area contributed by atoms with Crippen molar-refractivity contribution in [2.24, 2.45) is 0 Å². The van der Waals surface area contributed by atoms with Gasteiger partial charge in [-0.1, -0.05) is 18.2 Å². The zero-order valence-electron chi connectivity index (χ0n) is 11.8. The molecule has 5 nitrogen and oxygen atoms in total. The van der Waals surface area contributed by atoms with E-state index in [-0.39, 0.29) is 5.91 Å². The maximum Gasteiger partial charge on any atom is 0.321 e. The van der Waals surface area contributed by atoms with Crippen LogP contribution in [-0.4, -0.2) is 37.1 Å². The standard InChI is InChI=1S/C14H20N2O3S/c1-11-5-3-4-6-12(11)19-8-10-20-9-7-13(17)16-14(18)15-2/h3-6H,7-10H2,1-2H3,(H2,15,16,17,18). The van der Waals surface area contributed by atoms with Crippen molar-refractivity contribution < 1.29 is 14.3 Å². The van der Waals surface area contributed by atoms with Gasteiger partial charge in [0.2, 0.25) is 5.91 Å². The smallest absolute Gasteiger partial charge is 0.321 e. The zero-order valence-corrected chi connectivity index (χ0v) is 12.6. The fraction of sp³-hybridized carbons (Fsp3) is 0.429. The molecule has 0 spiro atoms. The summed E-state index contributed by atoms with van der Waals surface area (Å²) in [4.78, 5) is 22.2. The molecule has 0 heterocycles. The molecule has 0 fully saturated rings. The Hall–Kier alpha value is -1.69. The molecule has 0 bridgehead atoms. The van der Waals surface area contributed by atoms with Crippen LogP contribution in [0.15, 0.2) is 24.3 Å². The van der Waals surface area contributed by atoms with Crippen LogP contribution >= 0.6 is 11.8 Å². The first-order valence-corrected chi connectivity index (χ1v) is 7.56. The lowest BCUT2D eigenvalue weighted by molar-refractivity contribution is -0.119. The monoisotopic (exact) mass is 296 g/mol. The lowest BCUT2D eigenvalue weighted by Crippen LogP contribution is -2.37. The summed E-state index contributed by atoms with van der Waals surface area (Å²) in [5, 5.41) is 4.55. The van der Waals surface area contributed by atoms with Crippen LogP contribution in [0.1, 0.15) is 12.0 Å². The third-order valence-electron chi connectivity index (χ3n) is 2.53. The van der Waals surface area contributed by atoms with E-state index in [0.29, 0.717) is 18.8 Å². The highest BCUT2D eigenvalue weighted by Gasteiger charge is 2.05. The summed E-state index contributed by atoms with van der Waals surface area (Å²) in [5.74, 6) is 2.10. The average Bonchev–Trinajstić information content (AvgIpc) is 2.44. The number of amides is 3. The molecule has 1 aromatic carbocycles. The van der Waals surface area contributed by atoms with E-state index >= 15 is 0 Å². The lowest BCUT2D eigenvalue weighted by atomic mass is 10.2. The molecule has 0 aliphatic rings. The van der Waals surface area contributed by atoms with Gasteiger partial charge >= 0.3 is 6.03 Å². The average molecular weight is 296 g/mol. The summed E-state index contributed by atoms with van der Waals surface area (Å²) in [6.45, 7) is 2.61. The highest BCUT2D eigenvalue weighted by atomic mass is 32.2. The minimum absolute atomic E-state index is 0.267. The normalized spacial score (nSPS) is 9.90. The van der Waals surface area contributed by atoms with Crippen molar-refractivity contribution in [1.29, 1.82) is 0 Å². The van der Waals surface area contributed by atoms with Gasteiger partial charge in [-0.05, 0) is 18.6 Å². The first-order valence-electron chi connectivity index (χ1n) is 6.41. The quantitative estimate of drug-likeness (QED) is 0.755. The van der Waals surface area contributed by atoms with E-state index in [1.807, 2.05) is 31.2 Å². The second kappa shape index (κ2) is 9.25. The summed E-state index contributed by atoms with van der Waals surface area (Å²) >= 11 is 1.62. The van der Waals surface area contributed by atoms with Crippen molar-refractivity contribution in [2.75, 3.05) is 25.2 Å². The fourth-order valence-electron chi connectivity index (χ4n) is 1.45. The molecule has 1 rings (SSSR count). The van der Waals surface area contributed by atoms with Crippen LogP contribution in [0.3, 0.4) is 0 Å². The molecule has 0 unspecified atom stereocenters. The summed E-state index contributed by atoms with van der Waals surface area (Å²) in [7, 11) is 1.47. The van der Waals surface area contributed by atoms with Gasteiger partial charge < -0.3 is 10.1 Å². The van der Waals surface area contributed by atoms with Crippen LogP contribution in [0.2, 0.25) is 0 Å². The number of thioether (sulfide) groups is 1. The van der Waals surface area contributed by atoms with Crippen LogP contribution < -0.4 is 15.4 Å². The summed E-state index contributed by atoms with van der Waals surface area (Å²) < 4.78 is 5.64. The Balaban J connectivity index is 2.07. The summed E-state index contributed by atoms with van der Waals surface area (Å²) in [5.41, 5.74) is 1.11. The molecule has 0 aromatic heterocycles. The topological polar surface area (TPSA) is 67.4 Å². The van der Waals surface area contributed by atoms with Crippen molar-refractivity contribution in [3.05, 3.63) is 29.8 Å². The Morgan fingerprint density at radius 3 is 2.70 bits per heavy atom. The molecule has 110 valence electrons. The molecule has 0 aliphatic heterocycles. The van der Waals surface area contributed by atoms with E-state index in [4.69, 9.17) is 4.74 Å². The molecular formula is C14H20N2O3S. The molecule has 0 radical (unpaired) electrons. The fourth-order valence-corrected chi connectivity index (χ4v) is 2.18.